The smallest absolute Gasteiger partial charge is 0.331 e. The first-order valence-electron chi connectivity index (χ1n) is 11.8. The van der Waals surface area contributed by atoms with Crippen LogP contribution < -0.4 is 11.2 Å². The highest BCUT2D eigenvalue weighted by atomic mass is 16.2. The number of fused-ring (bicyclic) bond motifs is 2. The van der Waals surface area contributed by atoms with Crippen molar-refractivity contribution in [3.8, 4) is 0 Å². The molecule has 5 rings (SSSR count). The van der Waals surface area contributed by atoms with Crippen molar-refractivity contribution in [2.45, 2.75) is 26.6 Å². The Balaban J connectivity index is 1.30. The molecule has 1 aliphatic rings. The Morgan fingerprint density at radius 2 is 1.47 bits per heavy atom. The maximum atomic E-state index is 13.1. The van der Waals surface area contributed by atoms with Gasteiger partial charge in [-0.25, -0.2) is 4.79 Å². The number of nitrogens with zero attached hydrogens (tertiary/aromatic N) is 4. The first-order chi connectivity index (χ1) is 16.6. The zero-order valence-corrected chi connectivity index (χ0v) is 19.3. The molecule has 0 aliphatic carbocycles. The molecule has 0 unspecified atom stereocenters. The van der Waals surface area contributed by atoms with Crippen LogP contribution in [0, 0.1) is 0 Å². The number of rotatable bonds is 5. The molecule has 4 aromatic rings. The Kier molecular flexibility index (Phi) is 6.02. The van der Waals surface area contributed by atoms with Gasteiger partial charge in [-0.3, -0.25) is 23.6 Å². The van der Waals surface area contributed by atoms with E-state index < -0.39 is 5.69 Å². The summed E-state index contributed by atoms with van der Waals surface area (Å²) in [5, 5.41) is 2.96. The maximum Gasteiger partial charge on any atom is 0.331 e. The number of aromatic nitrogens is 2. The van der Waals surface area contributed by atoms with Crippen LogP contribution >= 0.6 is 0 Å². The molecule has 1 amide bonds. The van der Waals surface area contributed by atoms with E-state index in [1.165, 1.54) is 25.5 Å². The Labute approximate surface area is 197 Å². The average Bonchev–Trinajstić information content (AvgIpc) is 2.87. The number of carbonyl (C=O) groups excluding carboxylic acids is 1. The van der Waals surface area contributed by atoms with Crippen molar-refractivity contribution in [3.05, 3.63) is 93.1 Å². The lowest BCUT2D eigenvalue weighted by atomic mass is 10.0. The van der Waals surface area contributed by atoms with Crippen molar-refractivity contribution in [1.82, 2.24) is 18.9 Å². The van der Waals surface area contributed by atoms with Crippen molar-refractivity contribution in [3.63, 3.8) is 0 Å². The number of carbonyl (C=O) groups is 1. The molecule has 2 heterocycles. The molecule has 0 atom stereocenters. The van der Waals surface area contributed by atoms with Gasteiger partial charge < -0.3 is 4.90 Å². The largest absolute Gasteiger partial charge is 0.339 e. The number of amides is 1. The number of benzene rings is 3. The topological polar surface area (TPSA) is 67.6 Å². The summed E-state index contributed by atoms with van der Waals surface area (Å²) in [5.74, 6) is -0.0987. The number of hydrogen-bond acceptors (Lipinski definition) is 4. The van der Waals surface area contributed by atoms with Gasteiger partial charge in [0.1, 0.15) is 6.54 Å². The summed E-state index contributed by atoms with van der Waals surface area (Å²) in [6.07, 6.45) is 0. The summed E-state index contributed by atoms with van der Waals surface area (Å²) in [6.45, 7) is 5.59. The molecule has 7 heteroatoms. The minimum atomic E-state index is -0.436. The molecule has 1 aliphatic heterocycles. The van der Waals surface area contributed by atoms with Crippen molar-refractivity contribution in [2.75, 3.05) is 26.2 Å². The van der Waals surface area contributed by atoms with Crippen LogP contribution in [0.1, 0.15) is 12.5 Å². The normalized spacial score (nSPS) is 14.7. The molecule has 1 fully saturated rings. The molecule has 7 nitrogen and oxygen atoms in total. The summed E-state index contributed by atoms with van der Waals surface area (Å²) in [5.41, 5.74) is 1.05. The third-order valence-corrected chi connectivity index (χ3v) is 6.74. The maximum absolute atomic E-state index is 13.1. The zero-order valence-electron chi connectivity index (χ0n) is 19.3. The van der Waals surface area contributed by atoms with Gasteiger partial charge in [-0.1, -0.05) is 54.6 Å². The third kappa shape index (κ3) is 4.03. The second-order valence-corrected chi connectivity index (χ2v) is 8.73. The van der Waals surface area contributed by atoms with Crippen LogP contribution in [0.2, 0.25) is 0 Å². The van der Waals surface area contributed by atoms with Gasteiger partial charge in [0.05, 0.1) is 10.9 Å². The van der Waals surface area contributed by atoms with E-state index >= 15 is 0 Å². The lowest BCUT2D eigenvalue weighted by Crippen LogP contribution is -2.50. The zero-order chi connectivity index (χ0) is 23.7. The third-order valence-electron chi connectivity index (χ3n) is 6.74. The van der Waals surface area contributed by atoms with Gasteiger partial charge in [-0.2, -0.15) is 0 Å². The Bertz CT molecular complexity index is 1470. The second kappa shape index (κ2) is 9.27. The van der Waals surface area contributed by atoms with Gasteiger partial charge in [-0.15, -0.1) is 0 Å². The van der Waals surface area contributed by atoms with Crippen LogP contribution in [-0.4, -0.2) is 51.0 Å². The second-order valence-electron chi connectivity index (χ2n) is 8.73. The predicted octanol–water partition coefficient (Wildman–Crippen LogP) is 2.68. The van der Waals surface area contributed by atoms with E-state index in [-0.39, 0.29) is 24.6 Å². The summed E-state index contributed by atoms with van der Waals surface area (Å²) in [4.78, 5) is 42.9. The molecular weight excluding hydrogens is 428 g/mol. The molecule has 0 radical (unpaired) electrons. The van der Waals surface area contributed by atoms with Crippen molar-refractivity contribution >= 4 is 27.6 Å². The Morgan fingerprint density at radius 1 is 0.794 bits per heavy atom. The van der Waals surface area contributed by atoms with E-state index in [0.29, 0.717) is 24.0 Å². The molecule has 3 aromatic carbocycles. The predicted molar refractivity (Wildman–Crippen MR) is 134 cm³/mol. The highest BCUT2D eigenvalue weighted by Gasteiger charge is 2.23. The first kappa shape index (κ1) is 22.1. The average molecular weight is 457 g/mol. The van der Waals surface area contributed by atoms with Gasteiger partial charge in [0.15, 0.2) is 0 Å². The van der Waals surface area contributed by atoms with Gasteiger partial charge >= 0.3 is 5.69 Å². The first-order valence-corrected chi connectivity index (χ1v) is 11.8. The summed E-state index contributed by atoms with van der Waals surface area (Å²) in [7, 11) is 0. The lowest BCUT2D eigenvalue weighted by molar-refractivity contribution is -0.133. The molecule has 1 saturated heterocycles. The Morgan fingerprint density at radius 3 is 2.24 bits per heavy atom. The summed E-state index contributed by atoms with van der Waals surface area (Å²) in [6, 6.07) is 21.8. The quantitative estimate of drug-likeness (QED) is 0.463. The molecule has 174 valence electrons. The molecule has 0 N–H and O–H groups in total. The lowest BCUT2D eigenvalue weighted by Gasteiger charge is -2.35. The van der Waals surface area contributed by atoms with Gasteiger partial charge in [0, 0.05) is 39.3 Å². The fraction of sp³-hybridized carbons (Fsp3) is 0.296. The van der Waals surface area contributed by atoms with Crippen LogP contribution in [0.25, 0.3) is 21.7 Å². The van der Waals surface area contributed by atoms with E-state index in [0.717, 1.165) is 19.6 Å². The van der Waals surface area contributed by atoms with Crippen LogP contribution in [-0.2, 0) is 24.4 Å². The van der Waals surface area contributed by atoms with E-state index in [1.54, 1.807) is 31.2 Å². The highest BCUT2D eigenvalue weighted by Crippen LogP contribution is 2.20. The molecular formula is C27H28N4O3. The molecule has 0 spiro atoms. The molecule has 0 saturated carbocycles. The highest BCUT2D eigenvalue weighted by molar-refractivity contribution is 5.85. The number of para-hydroxylation sites is 1. The van der Waals surface area contributed by atoms with Crippen molar-refractivity contribution < 1.29 is 4.79 Å². The molecule has 0 bridgehead atoms. The fourth-order valence-corrected chi connectivity index (χ4v) is 4.86. The number of hydrogen-bond donors (Lipinski definition) is 0. The van der Waals surface area contributed by atoms with Crippen LogP contribution in [0.4, 0.5) is 0 Å². The van der Waals surface area contributed by atoms with Crippen LogP contribution in [0.15, 0.2) is 76.3 Å². The van der Waals surface area contributed by atoms with Crippen molar-refractivity contribution in [1.29, 1.82) is 0 Å². The van der Waals surface area contributed by atoms with Gasteiger partial charge in [0.2, 0.25) is 5.91 Å². The summed E-state index contributed by atoms with van der Waals surface area (Å²) < 4.78 is 2.63. The summed E-state index contributed by atoms with van der Waals surface area (Å²) >= 11 is 0. The fourth-order valence-electron chi connectivity index (χ4n) is 4.86. The van der Waals surface area contributed by atoms with Gasteiger partial charge in [-0.05, 0) is 35.4 Å². The minimum absolute atomic E-state index is 0.0665. The van der Waals surface area contributed by atoms with Crippen LogP contribution in [0.3, 0.4) is 0 Å². The van der Waals surface area contributed by atoms with E-state index in [1.807, 2.05) is 4.90 Å². The van der Waals surface area contributed by atoms with E-state index in [2.05, 4.69) is 47.4 Å². The standard InChI is InChI=1S/C27H28N4O3/c1-2-30-26(33)23-12-5-6-13-24(23)31(27(30)34)19-25(32)29-16-14-28(15-17-29)18-21-10-7-9-20-8-3-4-11-22(20)21/h3-13H,2,14-19H2,1H3. The van der Waals surface area contributed by atoms with Gasteiger partial charge in [0.25, 0.3) is 5.56 Å². The van der Waals surface area contributed by atoms with Crippen LogP contribution in [0.5, 0.6) is 0 Å². The Hall–Kier alpha value is -3.71. The van der Waals surface area contributed by atoms with E-state index in [9.17, 15) is 14.4 Å². The number of piperazine rings is 1. The molecule has 34 heavy (non-hydrogen) atoms. The SMILES string of the molecule is CCn1c(=O)c2ccccc2n(CC(=O)N2CCN(Cc3cccc4ccccc34)CC2)c1=O. The monoisotopic (exact) mass is 456 g/mol. The van der Waals surface area contributed by atoms with Crippen molar-refractivity contribution in [2.24, 2.45) is 0 Å². The minimum Gasteiger partial charge on any atom is -0.339 e. The molecule has 1 aromatic heterocycles. The van der Waals surface area contributed by atoms with E-state index in [4.69, 9.17) is 0 Å².